The van der Waals surface area contributed by atoms with Gasteiger partial charge in [-0.2, -0.15) is 0 Å². The monoisotopic (exact) mass is 267 g/mol. The zero-order chi connectivity index (χ0) is 14.0. The summed E-state index contributed by atoms with van der Waals surface area (Å²) in [5.41, 5.74) is -0.577. The van der Waals surface area contributed by atoms with E-state index in [1.165, 1.54) is 0 Å². The second-order valence-electron chi connectivity index (χ2n) is 6.24. The summed E-state index contributed by atoms with van der Waals surface area (Å²) in [5, 5.41) is 10.2. The van der Waals surface area contributed by atoms with Crippen LogP contribution in [0.3, 0.4) is 0 Å². The summed E-state index contributed by atoms with van der Waals surface area (Å²) in [6.07, 6.45) is 4.06. The van der Waals surface area contributed by atoms with E-state index in [2.05, 4.69) is 0 Å². The number of Topliss-reactive ketones (excluding diaryl/α,β-unsaturated/α-hetero) is 1. The lowest BCUT2D eigenvalue weighted by Gasteiger charge is -2.39. The first-order valence-corrected chi connectivity index (χ1v) is 7.49. The molecule has 1 N–H and O–H groups in total. The molecule has 4 heteroatoms. The Labute approximate surface area is 115 Å². The zero-order valence-corrected chi connectivity index (χ0v) is 12.0. The molecule has 0 bridgehead atoms. The molecule has 2 fully saturated rings. The van der Waals surface area contributed by atoms with Crippen LogP contribution in [0.15, 0.2) is 0 Å². The van der Waals surface area contributed by atoms with Crippen LogP contribution in [0.1, 0.15) is 52.4 Å². The highest BCUT2D eigenvalue weighted by molar-refractivity contribution is 5.86. The van der Waals surface area contributed by atoms with Crippen molar-refractivity contribution < 1.29 is 14.7 Å². The first-order chi connectivity index (χ1) is 8.95. The van der Waals surface area contributed by atoms with Crippen LogP contribution in [-0.4, -0.2) is 40.4 Å². The van der Waals surface area contributed by atoms with E-state index in [0.717, 1.165) is 6.42 Å². The van der Waals surface area contributed by atoms with E-state index in [4.69, 9.17) is 0 Å². The minimum atomic E-state index is -0.577. The van der Waals surface area contributed by atoms with Gasteiger partial charge in [-0.15, -0.1) is 0 Å². The van der Waals surface area contributed by atoms with Gasteiger partial charge in [0.25, 0.3) is 0 Å². The summed E-state index contributed by atoms with van der Waals surface area (Å²) < 4.78 is 0. The minimum Gasteiger partial charge on any atom is -0.390 e. The Hall–Kier alpha value is -0.900. The maximum absolute atomic E-state index is 12.4. The van der Waals surface area contributed by atoms with E-state index >= 15 is 0 Å². The smallest absolute Gasteiger partial charge is 0.225 e. The standard InChI is InChI=1S/C15H25NO3/c1-3-15(19)6-8-16(9-7-15)14(18)12-4-5-13(17)11(2)10-12/h11-12,19H,3-10H2,1-2H3. The van der Waals surface area contributed by atoms with Crippen LogP contribution in [0.2, 0.25) is 0 Å². The molecule has 1 saturated heterocycles. The molecule has 0 aromatic rings. The van der Waals surface area contributed by atoms with E-state index < -0.39 is 5.60 Å². The topological polar surface area (TPSA) is 57.6 Å². The number of nitrogens with zero attached hydrogens (tertiary/aromatic N) is 1. The SMILES string of the molecule is CCC1(O)CCN(C(=O)C2CCC(=O)C(C)C2)CC1. The van der Waals surface area contributed by atoms with Gasteiger partial charge in [0.2, 0.25) is 5.91 Å². The molecule has 2 atom stereocenters. The Kier molecular flexibility index (Phi) is 4.29. The maximum atomic E-state index is 12.4. The Morgan fingerprint density at radius 3 is 2.58 bits per heavy atom. The van der Waals surface area contributed by atoms with Gasteiger partial charge in [0, 0.05) is 31.3 Å². The van der Waals surface area contributed by atoms with E-state index in [0.29, 0.717) is 51.0 Å². The molecule has 1 aliphatic heterocycles. The summed E-state index contributed by atoms with van der Waals surface area (Å²) in [6.45, 7) is 5.23. The lowest BCUT2D eigenvalue weighted by Crippen LogP contribution is -2.48. The van der Waals surface area contributed by atoms with Gasteiger partial charge in [-0.25, -0.2) is 0 Å². The van der Waals surface area contributed by atoms with Crippen LogP contribution < -0.4 is 0 Å². The summed E-state index contributed by atoms with van der Waals surface area (Å²) in [4.78, 5) is 25.8. The molecular weight excluding hydrogens is 242 g/mol. The molecule has 2 rings (SSSR count). The van der Waals surface area contributed by atoms with Gasteiger partial charge in [0.1, 0.15) is 5.78 Å². The largest absolute Gasteiger partial charge is 0.390 e. The van der Waals surface area contributed by atoms with Crippen LogP contribution in [0, 0.1) is 11.8 Å². The minimum absolute atomic E-state index is 0.0144. The van der Waals surface area contributed by atoms with Crippen molar-refractivity contribution in [1.29, 1.82) is 0 Å². The van der Waals surface area contributed by atoms with Gasteiger partial charge in [-0.05, 0) is 32.1 Å². The molecule has 2 unspecified atom stereocenters. The van der Waals surface area contributed by atoms with E-state index in [1.807, 2.05) is 18.7 Å². The molecule has 1 aliphatic carbocycles. The van der Waals surface area contributed by atoms with Crippen molar-refractivity contribution in [3.63, 3.8) is 0 Å². The Morgan fingerprint density at radius 1 is 1.42 bits per heavy atom. The number of likely N-dealkylation sites (tertiary alicyclic amines) is 1. The van der Waals surface area contributed by atoms with Gasteiger partial charge in [-0.1, -0.05) is 13.8 Å². The number of rotatable bonds is 2. The summed E-state index contributed by atoms with van der Waals surface area (Å²) >= 11 is 0. The second-order valence-corrected chi connectivity index (χ2v) is 6.24. The quantitative estimate of drug-likeness (QED) is 0.829. The van der Waals surface area contributed by atoms with E-state index in [9.17, 15) is 14.7 Å². The number of hydrogen-bond acceptors (Lipinski definition) is 3. The van der Waals surface area contributed by atoms with Crippen molar-refractivity contribution in [2.75, 3.05) is 13.1 Å². The second kappa shape index (κ2) is 5.61. The zero-order valence-electron chi connectivity index (χ0n) is 12.0. The maximum Gasteiger partial charge on any atom is 0.225 e. The number of ketones is 1. The third-order valence-electron chi connectivity index (χ3n) is 4.94. The van der Waals surface area contributed by atoms with Gasteiger partial charge >= 0.3 is 0 Å². The lowest BCUT2D eigenvalue weighted by molar-refractivity contribution is -0.142. The Bertz CT molecular complexity index is 358. The highest BCUT2D eigenvalue weighted by Crippen LogP contribution is 2.31. The molecule has 19 heavy (non-hydrogen) atoms. The fourth-order valence-corrected chi connectivity index (χ4v) is 3.22. The molecule has 2 aliphatic rings. The number of amides is 1. The van der Waals surface area contributed by atoms with Crippen LogP contribution in [0.4, 0.5) is 0 Å². The molecule has 1 saturated carbocycles. The number of carbonyl (C=O) groups excluding carboxylic acids is 2. The highest BCUT2D eigenvalue weighted by Gasteiger charge is 2.36. The summed E-state index contributed by atoms with van der Waals surface area (Å²) in [6, 6.07) is 0. The van der Waals surface area contributed by atoms with Gasteiger partial charge in [0.05, 0.1) is 5.60 Å². The van der Waals surface area contributed by atoms with Gasteiger partial charge in [0.15, 0.2) is 0 Å². The average Bonchev–Trinajstić information content (AvgIpc) is 2.42. The molecule has 0 aromatic carbocycles. The molecular formula is C15H25NO3. The first-order valence-electron chi connectivity index (χ1n) is 7.49. The van der Waals surface area contributed by atoms with Crippen molar-refractivity contribution in [2.24, 2.45) is 11.8 Å². The van der Waals surface area contributed by atoms with Crippen LogP contribution in [0.25, 0.3) is 0 Å². The van der Waals surface area contributed by atoms with Crippen molar-refractivity contribution in [3.8, 4) is 0 Å². The predicted octanol–water partition coefficient (Wildman–Crippen LogP) is 1.76. The molecule has 1 amide bonds. The fraction of sp³-hybridized carbons (Fsp3) is 0.867. The molecule has 0 spiro atoms. The number of hydrogen-bond donors (Lipinski definition) is 1. The lowest BCUT2D eigenvalue weighted by atomic mass is 9.80. The third kappa shape index (κ3) is 3.16. The van der Waals surface area contributed by atoms with E-state index in [-0.39, 0.29) is 17.7 Å². The number of carbonyl (C=O) groups is 2. The van der Waals surface area contributed by atoms with Crippen molar-refractivity contribution in [1.82, 2.24) is 4.90 Å². The highest BCUT2D eigenvalue weighted by atomic mass is 16.3. The van der Waals surface area contributed by atoms with Crippen LogP contribution >= 0.6 is 0 Å². The third-order valence-corrected chi connectivity index (χ3v) is 4.94. The first kappa shape index (κ1) is 14.5. The van der Waals surface area contributed by atoms with Gasteiger partial charge in [-0.3, -0.25) is 9.59 Å². The van der Waals surface area contributed by atoms with Crippen LogP contribution in [-0.2, 0) is 9.59 Å². The normalized spacial score (nSPS) is 31.3. The van der Waals surface area contributed by atoms with Crippen molar-refractivity contribution >= 4 is 11.7 Å². The summed E-state index contributed by atoms with van der Waals surface area (Å²) in [7, 11) is 0. The fourth-order valence-electron chi connectivity index (χ4n) is 3.22. The van der Waals surface area contributed by atoms with Crippen molar-refractivity contribution in [3.05, 3.63) is 0 Å². The molecule has 0 aromatic heterocycles. The van der Waals surface area contributed by atoms with Crippen molar-refractivity contribution in [2.45, 2.75) is 58.0 Å². The van der Waals surface area contributed by atoms with Gasteiger partial charge < -0.3 is 10.0 Å². The number of piperidine rings is 1. The Balaban J connectivity index is 1.89. The average molecular weight is 267 g/mol. The molecule has 108 valence electrons. The molecule has 1 heterocycles. The molecule has 0 radical (unpaired) electrons. The molecule has 4 nitrogen and oxygen atoms in total. The van der Waals surface area contributed by atoms with Crippen LogP contribution in [0.5, 0.6) is 0 Å². The predicted molar refractivity (Wildman–Crippen MR) is 72.6 cm³/mol. The Morgan fingerprint density at radius 2 is 2.05 bits per heavy atom. The summed E-state index contributed by atoms with van der Waals surface area (Å²) in [5.74, 6) is 0.529. The number of aliphatic hydroxyl groups is 1. The van der Waals surface area contributed by atoms with E-state index in [1.54, 1.807) is 0 Å².